The zero-order chi connectivity index (χ0) is 11.6. The Morgan fingerprint density at radius 2 is 1.71 bits per heavy atom. The molecule has 1 nitrogen and oxygen atoms in total. The van der Waals surface area contributed by atoms with Crippen molar-refractivity contribution in [1.82, 2.24) is 4.90 Å². The highest BCUT2D eigenvalue weighted by molar-refractivity contribution is 5.24. The van der Waals surface area contributed by atoms with Crippen molar-refractivity contribution in [1.29, 1.82) is 0 Å². The van der Waals surface area contributed by atoms with Gasteiger partial charge in [0.2, 0.25) is 0 Å². The van der Waals surface area contributed by atoms with Crippen LogP contribution in [0.25, 0.3) is 0 Å². The van der Waals surface area contributed by atoms with Crippen LogP contribution in [0.15, 0.2) is 49.7 Å². The van der Waals surface area contributed by atoms with Gasteiger partial charge in [0.05, 0.1) is 0 Å². The second-order valence-corrected chi connectivity index (χ2v) is 3.34. The summed E-state index contributed by atoms with van der Waals surface area (Å²) in [5.41, 5.74) is 1.30. The average Bonchev–Trinajstić information content (AvgIpc) is 2.14. The highest BCUT2D eigenvalue weighted by Crippen LogP contribution is 2.10. The van der Waals surface area contributed by atoms with Crippen LogP contribution in [-0.4, -0.2) is 19.0 Å². The zero-order valence-corrected chi connectivity index (χ0v) is 9.96. The summed E-state index contributed by atoms with van der Waals surface area (Å²) < 4.78 is 0. The van der Waals surface area contributed by atoms with Crippen LogP contribution in [0.1, 0.15) is 13.8 Å². The molecule has 0 aliphatic carbocycles. The van der Waals surface area contributed by atoms with Gasteiger partial charge in [0.1, 0.15) is 0 Å². The van der Waals surface area contributed by atoms with Crippen molar-refractivity contribution in [2.45, 2.75) is 13.8 Å². The van der Waals surface area contributed by atoms with E-state index in [1.807, 2.05) is 31.1 Å². The fourth-order valence-corrected chi connectivity index (χ4v) is 0.812. The smallest absolute Gasteiger partial charge is 0.00556 e. The lowest BCUT2D eigenvalue weighted by atomic mass is 10.0. The lowest BCUT2D eigenvalue weighted by Crippen LogP contribution is -2.01. The molecule has 0 unspecified atom stereocenters. The third-order valence-corrected chi connectivity index (χ3v) is 1.54. The molecule has 0 saturated heterocycles. The molecule has 1 heteroatoms. The van der Waals surface area contributed by atoms with Crippen molar-refractivity contribution in [3.8, 4) is 0 Å². The summed E-state index contributed by atoms with van der Waals surface area (Å²) in [4.78, 5) is 2.03. The van der Waals surface area contributed by atoms with E-state index in [0.29, 0.717) is 5.92 Å². The second-order valence-electron chi connectivity index (χ2n) is 3.34. The van der Waals surface area contributed by atoms with E-state index >= 15 is 0 Å². The van der Waals surface area contributed by atoms with Crippen molar-refractivity contribution in [2.75, 3.05) is 14.1 Å². The highest BCUT2D eigenvalue weighted by atomic mass is 15.0. The van der Waals surface area contributed by atoms with E-state index in [1.165, 1.54) is 5.57 Å². The minimum absolute atomic E-state index is 0.555. The maximum absolute atomic E-state index is 3.69. The maximum atomic E-state index is 3.69. The molecule has 0 heterocycles. The summed E-state index contributed by atoms with van der Waals surface area (Å²) >= 11 is 0. The standard InChI is InChI=1S/C11H19N.C2H4/c1-6-7-11(10(2)3)8-9-12(4)5;1-2/h6-10H,1H2,2-5H3;1-2H2/b9-8-,11-7+;. The zero-order valence-electron chi connectivity index (χ0n) is 9.96. The van der Waals surface area contributed by atoms with Gasteiger partial charge in [-0.15, -0.1) is 13.2 Å². The number of allylic oxidation sites excluding steroid dienone is 4. The average molecular weight is 193 g/mol. The first-order valence-corrected chi connectivity index (χ1v) is 4.75. The van der Waals surface area contributed by atoms with Gasteiger partial charge in [0, 0.05) is 14.1 Å². The summed E-state index contributed by atoms with van der Waals surface area (Å²) in [6, 6.07) is 0. The Bertz CT molecular complexity index is 197. The first-order chi connectivity index (χ1) is 6.57. The molecule has 0 aliphatic rings. The Balaban J connectivity index is 0. The van der Waals surface area contributed by atoms with Crippen LogP contribution in [0.3, 0.4) is 0 Å². The number of rotatable bonds is 4. The van der Waals surface area contributed by atoms with Crippen LogP contribution >= 0.6 is 0 Å². The second kappa shape index (κ2) is 9.85. The number of nitrogens with zero attached hydrogens (tertiary/aromatic N) is 1. The molecule has 0 aromatic rings. The van der Waals surface area contributed by atoms with Crippen LogP contribution in [-0.2, 0) is 0 Å². The number of hydrogen-bond donors (Lipinski definition) is 0. The van der Waals surface area contributed by atoms with E-state index in [4.69, 9.17) is 0 Å². The van der Waals surface area contributed by atoms with Gasteiger partial charge in [-0.25, -0.2) is 0 Å². The fourth-order valence-electron chi connectivity index (χ4n) is 0.812. The molecule has 14 heavy (non-hydrogen) atoms. The molecule has 0 saturated carbocycles. The van der Waals surface area contributed by atoms with Gasteiger partial charge in [0.15, 0.2) is 0 Å². The van der Waals surface area contributed by atoms with Crippen molar-refractivity contribution < 1.29 is 0 Å². The SMILES string of the molecule is C=C.C=C/C=C(\C=C/N(C)C)C(C)C. The molecular weight excluding hydrogens is 170 g/mol. The molecule has 0 spiro atoms. The monoisotopic (exact) mass is 193 g/mol. The quantitative estimate of drug-likeness (QED) is 0.487. The minimum atomic E-state index is 0.555. The number of hydrogen-bond acceptors (Lipinski definition) is 1. The molecule has 0 rings (SSSR count). The van der Waals surface area contributed by atoms with Crippen LogP contribution in [0.4, 0.5) is 0 Å². The van der Waals surface area contributed by atoms with Gasteiger partial charge in [-0.2, -0.15) is 0 Å². The fraction of sp³-hybridized carbons (Fsp3) is 0.385. The highest BCUT2D eigenvalue weighted by Gasteiger charge is 1.96. The normalized spacial score (nSPS) is 11.1. The van der Waals surface area contributed by atoms with Crippen molar-refractivity contribution >= 4 is 0 Å². The van der Waals surface area contributed by atoms with Crippen LogP contribution in [0.5, 0.6) is 0 Å². The molecule has 0 aliphatic heterocycles. The summed E-state index contributed by atoms with van der Waals surface area (Å²) in [6.45, 7) is 14.0. The van der Waals surface area contributed by atoms with Gasteiger partial charge in [-0.3, -0.25) is 0 Å². The molecule has 0 aromatic carbocycles. The lowest BCUT2D eigenvalue weighted by molar-refractivity contribution is 0.562. The van der Waals surface area contributed by atoms with E-state index in [2.05, 4.69) is 45.9 Å². The summed E-state index contributed by atoms with van der Waals surface area (Å²) in [7, 11) is 4.03. The van der Waals surface area contributed by atoms with E-state index < -0.39 is 0 Å². The predicted molar refractivity (Wildman–Crippen MR) is 67.2 cm³/mol. The first kappa shape index (κ1) is 15.2. The van der Waals surface area contributed by atoms with Gasteiger partial charge >= 0.3 is 0 Å². The molecule has 0 aromatic heterocycles. The van der Waals surface area contributed by atoms with Crippen LogP contribution in [0, 0.1) is 5.92 Å². The van der Waals surface area contributed by atoms with E-state index in [0.717, 1.165) is 0 Å². The summed E-state index contributed by atoms with van der Waals surface area (Å²) in [5, 5.41) is 0. The molecule has 0 N–H and O–H groups in total. The van der Waals surface area contributed by atoms with Crippen molar-refractivity contribution in [2.24, 2.45) is 5.92 Å². The predicted octanol–water partition coefficient (Wildman–Crippen LogP) is 3.63. The molecular formula is C13H23N. The molecule has 0 bridgehead atoms. The molecule has 0 fully saturated rings. The Kier molecular flexibility index (Phi) is 10.7. The Morgan fingerprint density at radius 1 is 1.21 bits per heavy atom. The van der Waals surface area contributed by atoms with E-state index in [-0.39, 0.29) is 0 Å². The Morgan fingerprint density at radius 3 is 2.00 bits per heavy atom. The third kappa shape index (κ3) is 8.85. The van der Waals surface area contributed by atoms with E-state index in [1.54, 1.807) is 0 Å². The topological polar surface area (TPSA) is 3.24 Å². The third-order valence-electron chi connectivity index (χ3n) is 1.54. The maximum Gasteiger partial charge on any atom is 0.00556 e. The summed E-state index contributed by atoms with van der Waals surface area (Å²) in [5.74, 6) is 0.555. The van der Waals surface area contributed by atoms with Gasteiger partial charge in [-0.1, -0.05) is 32.6 Å². The molecule has 0 radical (unpaired) electrons. The molecule has 0 amide bonds. The van der Waals surface area contributed by atoms with Crippen LogP contribution in [0.2, 0.25) is 0 Å². The molecule has 0 atom stereocenters. The summed E-state index contributed by atoms with van der Waals surface area (Å²) in [6.07, 6.45) is 8.04. The van der Waals surface area contributed by atoms with Crippen LogP contribution < -0.4 is 0 Å². The minimum Gasteiger partial charge on any atom is -0.383 e. The Labute approximate surface area is 89.1 Å². The lowest BCUT2D eigenvalue weighted by Gasteiger charge is -2.08. The van der Waals surface area contributed by atoms with Crippen molar-refractivity contribution in [3.05, 3.63) is 49.7 Å². The van der Waals surface area contributed by atoms with Gasteiger partial charge < -0.3 is 4.90 Å². The van der Waals surface area contributed by atoms with Crippen molar-refractivity contribution in [3.63, 3.8) is 0 Å². The largest absolute Gasteiger partial charge is 0.383 e. The van der Waals surface area contributed by atoms with Gasteiger partial charge in [0.25, 0.3) is 0 Å². The van der Waals surface area contributed by atoms with Gasteiger partial charge in [-0.05, 0) is 23.8 Å². The first-order valence-electron chi connectivity index (χ1n) is 4.75. The van der Waals surface area contributed by atoms with E-state index in [9.17, 15) is 0 Å². The molecule has 80 valence electrons. The Hall–Kier alpha value is -1.24.